The number of fused-ring (bicyclic) bond motifs is 2. The first kappa shape index (κ1) is 18.9. The summed E-state index contributed by atoms with van der Waals surface area (Å²) in [5.74, 6) is 1.76. The lowest BCUT2D eigenvalue weighted by molar-refractivity contribution is -0.0647. The Morgan fingerprint density at radius 1 is 0.808 bits per heavy atom. The summed E-state index contributed by atoms with van der Waals surface area (Å²) in [7, 11) is 0. The third-order valence-corrected chi connectivity index (χ3v) is 8.54. The minimum atomic E-state index is -0.655. The smallest absolute Gasteiger partial charge is 0.140 e. The van der Waals surface area contributed by atoms with Crippen molar-refractivity contribution in [3.8, 4) is 0 Å². The molecular formula is C23H36F2O. The van der Waals surface area contributed by atoms with Gasteiger partial charge in [0.05, 0.1) is 12.7 Å². The van der Waals surface area contributed by atoms with E-state index < -0.39 is 22.5 Å². The summed E-state index contributed by atoms with van der Waals surface area (Å²) in [6, 6.07) is 0. The summed E-state index contributed by atoms with van der Waals surface area (Å²) in [6.07, 6.45) is 13.7. The van der Waals surface area contributed by atoms with Crippen LogP contribution in [-0.2, 0) is 4.74 Å². The van der Waals surface area contributed by atoms with Crippen LogP contribution in [0.5, 0.6) is 0 Å². The standard InChI is InChI=1S/C23H36F2O/c1-16-3-5-17(6-4-16)18-7-9-19(10-8-18)26-15-23-13-11-22(2,12-14-23)20(24)21(23)25/h16-19H,3-15H2,1-2H3. The van der Waals surface area contributed by atoms with Gasteiger partial charge < -0.3 is 4.74 Å². The number of halogens is 2. The van der Waals surface area contributed by atoms with Gasteiger partial charge in [-0.2, -0.15) is 0 Å². The monoisotopic (exact) mass is 366 g/mol. The SMILES string of the molecule is CC1CCC(C2CCC(OCC34CCC(C)(CC3)C(F)=C4F)CC2)CC1. The molecule has 0 spiro atoms. The van der Waals surface area contributed by atoms with Crippen molar-refractivity contribution in [2.24, 2.45) is 28.6 Å². The molecule has 5 aliphatic rings. The second kappa shape index (κ2) is 7.18. The maximum atomic E-state index is 14.7. The van der Waals surface area contributed by atoms with E-state index in [1.807, 2.05) is 6.92 Å². The van der Waals surface area contributed by atoms with Gasteiger partial charge in [0.15, 0.2) is 0 Å². The zero-order chi connectivity index (χ0) is 18.4. The van der Waals surface area contributed by atoms with Crippen LogP contribution in [0.15, 0.2) is 11.7 Å². The van der Waals surface area contributed by atoms with E-state index in [0.717, 1.165) is 56.3 Å². The summed E-state index contributed by atoms with van der Waals surface area (Å²) >= 11 is 0. The van der Waals surface area contributed by atoms with Gasteiger partial charge in [-0.15, -0.1) is 0 Å². The zero-order valence-electron chi connectivity index (χ0n) is 16.7. The molecule has 5 aliphatic carbocycles. The first-order chi connectivity index (χ1) is 12.4. The molecular weight excluding hydrogens is 330 g/mol. The van der Waals surface area contributed by atoms with E-state index >= 15 is 0 Å². The predicted molar refractivity (Wildman–Crippen MR) is 101 cm³/mol. The normalized spacial score (nSPS) is 46.6. The topological polar surface area (TPSA) is 9.23 Å². The molecule has 26 heavy (non-hydrogen) atoms. The quantitative estimate of drug-likeness (QED) is 0.515. The van der Waals surface area contributed by atoms with Gasteiger partial charge in [-0.1, -0.05) is 26.7 Å². The molecule has 0 amide bonds. The van der Waals surface area contributed by atoms with E-state index in [0.29, 0.717) is 6.61 Å². The molecule has 0 radical (unpaired) electrons. The van der Waals surface area contributed by atoms with E-state index in [2.05, 4.69) is 6.92 Å². The second-order valence-electron chi connectivity index (χ2n) is 10.3. The van der Waals surface area contributed by atoms with Crippen molar-refractivity contribution in [1.82, 2.24) is 0 Å². The van der Waals surface area contributed by atoms with Gasteiger partial charge in [-0.25, -0.2) is 8.78 Å². The molecule has 3 heteroatoms. The lowest BCUT2D eigenvalue weighted by Crippen LogP contribution is -2.44. The Kier molecular flexibility index (Phi) is 5.22. The van der Waals surface area contributed by atoms with Crippen LogP contribution < -0.4 is 0 Å². The van der Waals surface area contributed by atoms with Gasteiger partial charge in [0.1, 0.15) is 11.7 Å². The molecule has 0 atom stereocenters. The van der Waals surface area contributed by atoms with Crippen LogP contribution in [0, 0.1) is 28.6 Å². The van der Waals surface area contributed by atoms with E-state index in [1.54, 1.807) is 0 Å². The average Bonchev–Trinajstić information content (AvgIpc) is 2.67. The Balaban J connectivity index is 1.28. The van der Waals surface area contributed by atoms with Crippen LogP contribution in [0.2, 0.25) is 0 Å². The Morgan fingerprint density at radius 3 is 1.92 bits per heavy atom. The summed E-state index contributed by atoms with van der Waals surface area (Å²) in [6.45, 7) is 4.65. The highest BCUT2D eigenvalue weighted by molar-refractivity contribution is 5.26. The first-order valence-electron chi connectivity index (χ1n) is 11.1. The van der Waals surface area contributed by atoms with Crippen LogP contribution in [0.1, 0.15) is 90.9 Å². The second-order valence-corrected chi connectivity index (χ2v) is 10.3. The van der Waals surface area contributed by atoms with Gasteiger partial charge in [-0.3, -0.25) is 0 Å². The van der Waals surface area contributed by atoms with E-state index in [9.17, 15) is 8.78 Å². The summed E-state index contributed by atoms with van der Waals surface area (Å²) in [5, 5.41) is 0. The maximum absolute atomic E-state index is 14.7. The Bertz CT molecular complexity index is 530. The molecule has 2 bridgehead atoms. The molecule has 0 saturated heterocycles. The molecule has 1 nitrogen and oxygen atoms in total. The molecule has 0 aliphatic heterocycles. The van der Waals surface area contributed by atoms with Crippen molar-refractivity contribution in [2.45, 2.75) is 97.0 Å². The lowest BCUT2D eigenvalue weighted by Gasteiger charge is -2.49. The van der Waals surface area contributed by atoms with Crippen molar-refractivity contribution in [3.63, 3.8) is 0 Å². The fourth-order valence-corrected chi connectivity index (χ4v) is 6.19. The van der Waals surface area contributed by atoms with Crippen LogP contribution >= 0.6 is 0 Å². The van der Waals surface area contributed by atoms with Crippen molar-refractivity contribution < 1.29 is 13.5 Å². The van der Waals surface area contributed by atoms with Crippen LogP contribution in [0.25, 0.3) is 0 Å². The van der Waals surface area contributed by atoms with Crippen LogP contribution in [-0.4, -0.2) is 12.7 Å². The number of rotatable bonds is 4. The molecule has 0 N–H and O–H groups in total. The van der Waals surface area contributed by atoms with Gasteiger partial charge in [-0.05, 0) is 82.0 Å². The number of allylic oxidation sites excluding steroid dienone is 1. The van der Waals surface area contributed by atoms with Crippen LogP contribution in [0.3, 0.4) is 0 Å². The third-order valence-electron chi connectivity index (χ3n) is 8.54. The van der Waals surface area contributed by atoms with Gasteiger partial charge in [0.2, 0.25) is 0 Å². The fraction of sp³-hybridized carbons (Fsp3) is 0.913. The van der Waals surface area contributed by atoms with Gasteiger partial charge in [0, 0.05) is 10.8 Å². The molecule has 148 valence electrons. The Hall–Kier alpha value is -0.440. The number of hydrogen-bond acceptors (Lipinski definition) is 1. The Labute approximate surface area is 157 Å². The molecule has 3 saturated carbocycles. The van der Waals surface area contributed by atoms with Crippen molar-refractivity contribution in [2.75, 3.05) is 6.61 Å². The van der Waals surface area contributed by atoms with Gasteiger partial charge in [0.25, 0.3) is 0 Å². The molecule has 3 fully saturated rings. The first-order valence-corrected chi connectivity index (χ1v) is 11.1. The fourth-order valence-electron chi connectivity index (χ4n) is 6.19. The van der Waals surface area contributed by atoms with Crippen LogP contribution in [0.4, 0.5) is 8.78 Å². The van der Waals surface area contributed by atoms with Gasteiger partial charge >= 0.3 is 0 Å². The Morgan fingerprint density at radius 2 is 1.35 bits per heavy atom. The van der Waals surface area contributed by atoms with E-state index in [4.69, 9.17) is 4.74 Å². The minimum absolute atomic E-state index is 0.259. The lowest BCUT2D eigenvalue weighted by atomic mass is 9.58. The predicted octanol–water partition coefficient (Wildman–Crippen LogP) is 7.12. The van der Waals surface area contributed by atoms with E-state index in [-0.39, 0.29) is 6.10 Å². The highest BCUT2D eigenvalue weighted by atomic mass is 19.2. The summed E-state index contributed by atoms with van der Waals surface area (Å²) in [5.41, 5.74) is -1.19. The molecule has 0 unspecified atom stereocenters. The number of hydrogen-bond donors (Lipinski definition) is 0. The number of ether oxygens (including phenoxy) is 1. The largest absolute Gasteiger partial charge is 0.377 e. The zero-order valence-corrected chi connectivity index (χ0v) is 16.7. The highest BCUT2D eigenvalue weighted by Gasteiger charge is 2.53. The average molecular weight is 367 g/mol. The summed E-state index contributed by atoms with van der Waals surface area (Å²) < 4.78 is 35.3. The minimum Gasteiger partial charge on any atom is -0.377 e. The van der Waals surface area contributed by atoms with Crippen molar-refractivity contribution in [3.05, 3.63) is 11.7 Å². The summed E-state index contributed by atoms with van der Waals surface area (Å²) in [4.78, 5) is 0. The molecule has 5 rings (SSSR count). The highest BCUT2D eigenvalue weighted by Crippen LogP contribution is 2.60. The van der Waals surface area contributed by atoms with Crippen molar-refractivity contribution in [1.29, 1.82) is 0 Å². The maximum Gasteiger partial charge on any atom is 0.140 e. The van der Waals surface area contributed by atoms with E-state index in [1.165, 1.54) is 38.5 Å². The van der Waals surface area contributed by atoms with Crippen molar-refractivity contribution >= 4 is 0 Å². The molecule has 0 aromatic carbocycles. The molecule has 0 aromatic heterocycles. The molecule has 0 aromatic rings. The third kappa shape index (κ3) is 3.38. The molecule has 0 heterocycles.